The van der Waals surface area contributed by atoms with Crippen molar-refractivity contribution in [2.45, 2.75) is 39.5 Å². The first-order valence-corrected chi connectivity index (χ1v) is 12.1. The van der Waals surface area contributed by atoms with Gasteiger partial charge in [0.2, 0.25) is 5.91 Å². The Bertz CT molecular complexity index is 1370. The molecule has 0 atom stereocenters. The average Bonchev–Trinajstić information content (AvgIpc) is 3.48. The fourth-order valence-corrected chi connectivity index (χ4v) is 5.09. The lowest BCUT2D eigenvalue weighted by Gasteiger charge is -2.29. The van der Waals surface area contributed by atoms with Crippen LogP contribution in [0.15, 0.2) is 36.4 Å². The van der Waals surface area contributed by atoms with E-state index in [4.69, 9.17) is 10.5 Å². The molecule has 2 aliphatic heterocycles. The van der Waals surface area contributed by atoms with Crippen molar-refractivity contribution in [3.05, 3.63) is 64.5 Å². The third-order valence-electron chi connectivity index (χ3n) is 6.95. The number of anilines is 2. The number of carbonyl (C=O) groups excluding carboxylic acids is 3. The molecule has 0 spiro atoms. The monoisotopic (exact) mass is 487 g/mol. The van der Waals surface area contributed by atoms with Gasteiger partial charge in [0, 0.05) is 42.5 Å². The molecule has 0 radical (unpaired) electrons. The molecular formula is C27H29N5O4. The van der Waals surface area contributed by atoms with E-state index in [-0.39, 0.29) is 17.5 Å². The SMILES string of the molecule is CCc1cc(OC)cc(-n2nc(C(N)=O)c3c2C(=O)N(c2ccc(N4CCCC4=O)cc2C)CC3)c1. The zero-order valence-corrected chi connectivity index (χ0v) is 20.7. The summed E-state index contributed by atoms with van der Waals surface area (Å²) in [6.45, 7) is 5.06. The molecule has 9 heteroatoms. The van der Waals surface area contributed by atoms with Crippen molar-refractivity contribution in [2.75, 3.05) is 30.0 Å². The normalized spacial score (nSPS) is 15.4. The summed E-state index contributed by atoms with van der Waals surface area (Å²) in [5, 5.41) is 4.48. The first-order valence-electron chi connectivity index (χ1n) is 12.1. The second-order valence-corrected chi connectivity index (χ2v) is 9.17. The largest absolute Gasteiger partial charge is 0.497 e. The molecule has 1 fully saturated rings. The van der Waals surface area contributed by atoms with Crippen LogP contribution in [-0.4, -0.2) is 47.7 Å². The van der Waals surface area contributed by atoms with E-state index in [0.717, 1.165) is 35.3 Å². The molecule has 3 heterocycles. The van der Waals surface area contributed by atoms with Gasteiger partial charge in [0.1, 0.15) is 11.4 Å². The van der Waals surface area contributed by atoms with E-state index in [9.17, 15) is 14.4 Å². The third kappa shape index (κ3) is 3.90. The number of carbonyl (C=O) groups is 3. The van der Waals surface area contributed by atoms with Gasteiger partial charge in [-0.15, -0.1) is 0 Å². The summed E-state index contributed by atoms with van der Waals surface area (Å²) in [4.78, 5) is 41.8. The minimum absolute atomic E-state index is 0.110. The van der Waals surface area contributed by atoms with Crippen molar-refractivity contribution in [3.8, 4) is 11.4 Å². The summed E-state index contributed by atoms with van der Waals surface area (Å²) in [7, 11) is 1.58. The Morgan fingerprint density at radius 3 is 2.50 bits per heavy atom. The Morgan fingerprint density at radius 1 is 1.06 bits per heavy atom. The zero-order valence-electron chi connectivity index (χ0n) is 20.7. The van der Waals surface area contributed by atoms with Gasteiger partial charge in [0.05, 0.1) is 12.8 Å². The molecule has 0 aliphatic carbocycles. The van der Waals surface area contributed by atoms with Crippen LogP contribution in [0.4, 0.5) is 11.4 Å². The van der Waals surface area contributed by atoms with E-state index >= 15 is 0 Å². The number of benzene rings is 2. The smallest absolute Gasteiger partial charge is 0.277 e. The van der Waals surface area contributed by atoms with Crippen LogP contribution >= 0.6 is 0 Å². The predicted octanol–water partition coefficient (Wildman–Crippen LogP) is 3.18. The fraction of sp³-hybridized carbons (Fsp3) is 0.333. The van der Waals surface area contributed by atoms with Crippen LogP contribution in [0.1, 0.15) is 57.4 Å². The molecule has 2 aliphatic rings. The molecule has 2 aromatic carbocycles. The van der Waals surface area contributed by atoms with E-state index in [0.29, 0.717) is 48.6 Å². The quantitative estimate of drug-likeness (QED) is 0.574. The maximum absolute atomic E-state index is 13.9. The lowest BCUT2D eigenvalue weighted by atomic mass is 10.0. The molecular weight excluding hydrogens is 458 g/mol. The van der Waals surface area contributed by atoms with Gasteiger partial charge < -0.3 is 20.3 Å². The van der Waals surface area contributed by atoms with Crippen LogP contribution in [0.3, 0.4) is 0 Å². The lowest BCUT2D eigenvalue weighted by Crippen LogP contribution is -2.39. The number of nitrogens with two attached hydrogens (primary N) is 1. The van der Waals surface area contributed by atoms with Gasteiger partial charge in [-0.1, -0.05) is 6.92 Å². The van der Waals surface area contributed by atoms with Crippen molar-refractivity contribution >= 4 is 29.1 Å². The van der Waals surface area contributed by atoms with Crippen molar-refractivity contribution in [1.82, 2.24) is 9.78 Å². The average molecular weight is 488 g/mol. The minimum atomic E-state index is -0.666. The van der Waals surface area contributed by atoms with Gasteiger partial charge in [-0.3, -0.25) is 14.4 Å². The Morgan fingerprint density at radius 2 is 1.86 bits per heavy atom. The van der Waals surface area contributed by atoms with Gasteiger partial charge in [0.25, 0.3) is 11.8 Å². The number of hydrogen-bond acceptors (Lipinski definition) is 5. The summed E-state index contributed by atoms with van der Waals surface area (Å²) in [6.07, 6.45) is 2.62. The number of rotatable bonds is 6. The molecule has 9 nitrogen and oxygen atoms in total. The fourth-order valence-electron chi connectivity index (χ4n) is 5.09. The van der Waals surface area contributed by atoms with E-state index in [1.54, 1.807) is 23.0 Å². The lowest BCUT2D eigenvalue weighted by molar-refractivity contribution is -0.117. The maximum atomic E-state index is 13.9. The highest BCUT2D eigenvalue weighted by molar-refractivity contribution is 6.10. The summed E-state index contributed by atoms with van der Waals surface area (Å²) >= 11 is 0. The Kier molecular flexibility index (Phi) is 5.99. The first kappa shape index (κ1) is 23.6. The number of amides is 3. The Balaban J connectivity index is 1.58. The summed E-state index contributed by atoms with van der Waals surface area (Å²) in [5.41, 5.74) is 10.8. The van der Waals surface area contributed by atoms with Crippen molar-refractivity contribution < 1.29 is 19.1 Å². The maximum Gasteiger partial charge on any atom is 0.277 e. The molecule has 5 rings (SSSR count). The van der Waals surface area contributed by atoms with Gasteiger partial charge in [-0.2, -0.15) is 5.10 Å². The summed E-state index contributed by atoms with van der Waals surface area (Å²) in [5.74, 6) is -0.170. The Hall–Kier alpha value is -4.14. The van der Waals surface area contributed by atoms with E-state index in [1.807, 2.05) is 44.2 Å². The van der Waals surface area contributed by atoms with Gasteiger partial charge in [-0.05, 0) is 67.6 Å². The van der Waals surface area contributed by atoms with Crippen molar-refractivity contribution in [1.29, 1.82) is 0 Å². The van der Waals surface area contributed by atoms with Gasteiger partial charge in [-0.25, -0.2) is 4.68 Å². The van der Waals surface area contributed by atoms with E-state index < -0.39 is 5.91 Å². The van der Waals surface area contributed by atoms with Crippen molar-refractivity contribution in [3.63, 3.8) is 0 Å². The molecule has 0 saturated carbocycles. The molecule has 186 valence electrons. The molecule has 1 aromatic heterocycles. The van der Waals surface area contributed by atoms with Crippen LogP contribution < -0.4 is 20.3 Å². The second kappa shape index (κ2) is 9.14. The number of aromatic nitrogens is 2. The van der Waals surface area contributed by atoms with Crippen LogP contribution in [0.25, 0.3) is 5.69 Å². The highest BCUT2D eigenvalue weighted by Gasteiger charge is 2.35. The number of aryl methyl sites for hydroxylation is 2. The summed E-state index contributed by atoms with van der Waals surface area (Å²) < 4.78 is 6.97. The molecule has 3 aromatic rings. The molecule has 36 heavy (non-hydrogen) atoms. The standard InChI is InChI=1S/C27H29N5O4/c1-4-17-13-19(15-20(14-17)36-3)32-25-21(24(29-32)26(28)34)9-11-31(27(25)35)22-8-7-18(12-16(22)2)30-10-5-6-23(30)33/h7-8,12-15H,4-6,9-11H2,1-3H3,(H2,28,34). The minimum Gasteiger partial charge on any atom is -0.497 e. The topological polar surface area (TPSA) is 111 Å². The van der Waals surface area contributed by atoms with Crippen LogP contribution in [0, 0.1) is 6.92 Å². The number of hydrogen-bond donors (Lipinski definition) is 1. The Labute approximate surface area is 209 Å². The first-order chi connectivity index (χ1) is 17.3. The van der Waals surface area contributed by atoms with E-state index in [2.05, 4.69) is 5.10 Å². The van der Waals surface area contributed by atoms with E-state index in [1.165, 1.54) is 4.68 Å². The number of methoxy groups -OCH3 is 1. The zero-order chi connectivity index (χ0) is 25.6. The van der Waals surface area contributed by atoms with Gasteiger partial charge >= 0.3 is 0 Å². The molecule has 1 saturated heterocycles. The molecule has 0 unspecified atom stereocenters. The number of fused-ring (bicyclic) bond motifs is 1. The highest BCUT2D eigenvalue weighted by Crippen LogP contribution is 2.33. The van der Waals surface area contributed by atoms with Crippen LogP contribution in [-0.2, 0) is 17.6 Å². The second-order valence-electron chi connectivity index (χ2n) is 9.17. The van der Waals surface area contributed by atoms with Crippen molar-refractivity contribution in [2.24, 2.45) is 5.73 Å². The number of nitrogens with zero attached hydrogens (tertiary/aromatic N) is 4. The van der Waals surface area contributed by atoms with Crippen LogP contribution in [0.2, 0.25) is 0 Å². The summed E-state index contributed by atoms with van der Waals surface area (Å²) in [6, 6.07) is 11.4. The molecule has 3 amide bonds. The van der Waals surface area contributed by atoms with Gasteiger partial charge in [0.15, 0.2) is 5.69 Å². The molecule has 0 bridgehead atoms. The molecule has 2 N–H and O–H groups in total. The third-order valence-corrected chi connectivity index (χ3v) is 6.95. The van der Waals surface area contributed by atoms with Crippen LogP contribution in [0.5, 0.6) is 5.75 Å². The highest BCUT2D eigenvalue weighted by atomic mass is 16.5. The predicted molar refractivity (Wildman–Crippen MR) is 136 cm³/mol. The number of primary amides is 1. The number of ether oxygens (including phenoxy) is 1.